The highest BCUT2D eigenvalue weighted by atomic mass is 32.2. The molecule has 144 valence electrons. The Morgan fingerprint density at radius 3 is 2.68 bits per heavy atom. The van der Waals surface area contributed by atoms with Crippen molar-refractivity contribution in [3.05, 3.63) is 41.6 Å². The van der Waals surface area contributed by atoms with Gasteiger partial charge in [0.25, 0.3) is 5.92 Å². The minimum absolute atomic E-state index is 0.146. The first-order valence-corrected chi connectivity index (χ1v) is 10.2. The van der Waals surface area contributed by atoms with Gasteiger partial charge in [-0.25, -0.2) is 18.7 Å². The molecule has 1 saturated carbocycles. The van der Waals surface area contributed by atoms with Crippen molar-refractivity contribution < 1.29 is 8.78 Å². The van der Waals surface area contributed by atoms with Gasteiger partial charge in [0.2, 0.25) is 0 Å². The van der Waals surface area contributed by atoms with Gasteiger partial charge in [-0.1, -0.05) is 13.0 Å². The van der Waals surface area contributed by atoms with Crippen LogP contribution in [0.5, 0.6) is 0 Å². The first-order chi connectivity index (χ1) is 13.3. The summed E-state index contributed by atoms with van der Waals surface area (Å²) in [5.74, 6) is -1.40. The third-order valence-electron chi connectivity index (χ3n) is 5.25. The third kappa shape index (κ3) is 3.06. The molecule has 1 fully saturated rings. The molecule has 2 heterocycles. The Labute approximate surface area is 166 Å². The molecule has 4 nitrogen and oxygen atoms in total. The number of thioether (sulfide) groups is 1. The Hall–Kier alpha value is -2.46. The number of hydrogen-bond donors (Lipinski definition) is 0. The molecule has 0 spiro atoms. The number of pyridine rings is 1. The Morgan fingerprint density at radius 1 is 1.32 bits per heavy atom. The fraction of sp³-hybridized carbons (Fsp3) is 0.381. The second-order valence-corrected chi connectivity index (χ2v) is 8.59. The van der Waals surface area contributed by atoms with E-state index in [1.165, 1.54) is 12.3 Å². The molecule has 4 rings (SSSR count). The lowest BCUT2D eigenvalue weighted by Crippen LogP contribution is -2.07. The molecule has 28 heavy (non-hydrogen) atoms. The molecule has 0 unspecified atom stereocenters. The Bertz CT molecular complexity index is 1100. The molecule has 0 radical (unpaired) electrons. The summed E-state index contributed by atoms with van der Waals surface area (Å²) in [6.45, 7) is 2.93. The molecule has 0 aliphatic heterocycles. The average Bonchev–Trinajstić information content (AvgIpc) is 3.40. The van der Waals surface area contributed by atoms with E-state index in [0.29, 0.717) is 17.0 Å². The van der Waals surface area contributed by atoms with Crippen molar-refractivity contribution in [3.8, 4) is 17.5 Å². The number of nitrogens with zero attached hydrogens (tertiary/aromatic N) is 4. The van der Waals surface area contributed by atoms with E-state index in [0.717, 1.165) is 41.5 Å². The third-order valence-corrected chi connectivity index (χ3v) is 6.19. The van der Waals surface area contributed by atoms with Crippen molar-refractivity contribution in [1.29, 1.82) is 5.26 Å². The zero-order chi connectivity index (χ0) is 20.1. The van der Waals surface area contributed by atoms with E-state index < -0.39 is 5.92 Å². The molecule has 0 N–H and O–H groups in total. The van der Waals surface area contributed by atoms with Crippen molar-refractivity contribution in [2.75, 3.05) is 5.75 Å². The van der Waals surface area contributed by atoms with Gasteiger partial charge in [-0.2, -0.15) is 5.26 Å². The van der Waals surface area contributed by atoms with Gasteiger partial charge >= 0.3 is 0 Å². The van der Waals surface area contributed by atoms with Gasteiger partial charge in [0.15, 0.2) is 5.65 Å². The summed E-state index contributed by atoms with van der Waals surface area (Å²) in [6.07, 6.45) is 2.99. The highest BCUT2D eigenvalue weighted by Gasteiger charge is 2.45. The zero-order valence-electron chi connectivity index (χ0n) is 16.0. The predicted molar refractivity (Wildman–Crippen MR) is 106 cm³/mol. The van der Waals surface area contributed by atoms with Gasteiger partial charge in [-0.3, -0.25) is 0 Å². The van der Waals surface area contributed by atoms with Crippen molar-refractivity contribution in [2.24, 2.45) is 7.05 Å². The van der Waals surface area contributed by atoms with Crippen molar-refractivity contribution in [2.45, 2.75) is 42.9 Å². The van der Waals surface area contributed by atoms with Crippen LogP contribution in [0.3, 0.4) is 0 Å². The number of benzene rings is 1. The van der Waals surface area contributed by atoms with Gasteiger partial charge in [0.1, 0.15) is 11.3 Å². The predicted octanol–water partition coefficient (Wildman–Crippen LogP) is 5.41. The molecular formula is C21H20F2N4S. The topological polar surface area (TPSA) is 54.5 Å². The van der Waals surface area contributed by atoms with Gasteiger partial charge in [0, 0.05) is 36.2 Å². The minimum atomic E-state index is -2.96. The summed E-state index contributed by atoms with van der Waals surface area (Å²) in [5.41, 5.74) is 2.48. The summed E-state index contributed by atoms with van der Waals surface area (Å²) in [4.78, 5) is 9.88. The Morgan fingerprint density at radius 2 is 2.07 bits per heavy atom. The SMILES string of the molecule is CCSc1cc(C2(C#N)CC2)ccc1-c1nc2cc(C(C)(F)F)cnc2n1C. The van der Waals surface area contributed by atoms with E-state index in [-0.39, 0.29) is 11.0 Å². The van der Waals surface area contributed by atoms with Crippen LogP contribution in [0.2, 0.25) is 0 Å². The molecule has 1 aliphatic carbocycles. The minimum Gasteiger partial charge on any atom is -0.312 e. The van der Waals surface area contributed by atoms with E-state index in [4.69, 9.17) is 0 Å². The maximum Gasteiger partial charge on any atom is 0.272 e. The largest absolute Gasteiger partial charge is 0.312 e. The maximum absolute atomic E-state index is 13.7. The lowest BCUT2D eigenvalue weighted by molar-refractivity contribution is 0.0172. The lowest BCUT2D eigenvalue weighted by Gasteiger charge is -2.13. The smallest absolute Gasteiger partial charge is 0.272 e. The molecule has 0 saturated heterocycles. The van der Waals surface area contributed by atoms with Crippen molar-refractivity contribution >= 4 is 22.9 Å². The molecule has 1 aromatic carbocycles. The number of aromatic nitrogens is 3. The molecule has 2 aromatic heterocycles. The Kier molecular flexibility index (Phi) is 4.42. The summed E-state index contributed by atoms with van der Waals surface area (Å²) in [7, 11) is 1.84. The summed E-state index contributed by atoms with van der Waals surface area (Å²) < 4.78 is 29.2. The van der Waals surface area contributed by atoms with E-state index in [2.05, 4.69) is 29.0 Å². The van der Waals surface area contributed by atoms with Gasteiger partial charge in [-0.15, -0.1) is 11.8 Å². The highest BCUT2D eigenvalue weighted by molar-refractivity contribution is 7.99. The standard InChI is InChI=1S/C21H20F2N4S/c1-4-28-17-10-13(21(12-24)7-8-21)5-6-15(17)18-26-16-9-14(20(2,22)23)11-25-19(16)27(18)3/h5-6,9-11H,4,7-8H2,1-3H3. The van der Waals surface area contributed by atoms with Crippen LogP contribution in [0, 0.1) is 11.3 Å². The van der Waals surface area contributed by atoms with E-state index in [1.807, 2.05) is 23.7 Å². The van der Waals surface area contributed by atoms with Gasteiger partial charge in [0.05, 0.1) is 11.5 Å². The molecule has 1 aliphatic rings. The first kappa shape index (κ1) is 18.9. The Balaban J connectivity index is 1.85. The highest BCUT2D eigenvalue weighted by Crippen LogP contribution is 2.49. The van der Waals surface area contributed by atoms with Crippen LogP contribution in [0.15, 0.2) is 35.4 Å². The quantitative estimate of drug-likeness (QED) is 0.539. The second kappa shape index (κ2) is 6.56. The van der Waals surface area contributed by atoms with Crippen LogP contribution in [0.1, 0.15) is 37.8 Å². The van der Waals surface area contributed by atoms with Crippen LogP contribution < -0.4 is 0 Å². The molecule has 0 amide bonds. The van der Waals surface area contributed by atoms with Crippen molar-refractivity contribution in [1.82, 2.24) is 14.5 Å². The number of alkyl halides is 2. The van der Waals surface area contributed by atoms with E-state index in [9.17, 15) is 14.0 Å². The molecule has 7 heteroatoms. The van der Waals surface area contributed by atoms with Crippen LogP contribution in [-0.4, -0.2) is 20.3 Å². The second-order valence-electron chi connectivity index (χ2n) is 7.29. The fourth-order valence-corrected chi connectivity index (χ4v) is 4.26. The normalized spacial score (nSPS) is 15.6. The number of aryl methyl sites for hydroxylation is 1. The zero-order valence-corrected chi connectivity index (χ0v) is 16.8. The number of nitriles is 1. The number of fused-ring (bicyclic) bond motifs is 1. The average molecular weight is 398 g/mol. The lowest BCUT2D eigenvalue weighted by atomic mass is 9.96. The number of hydrogen-bond acceptors (Lipinski definition) is 4. The monoisotopic (exact) mass is 398 g/mol. The van der Waals surface area contributed by atoms with Gasteiger partial charge < -0.3 is 4.57 Å². The maximum atomic E-state index is 13.7. The van der Waals surface area contributed by atoms with Crippen LogP contribution >= 0.6 is 11.8 Å². The van der Waals surface area contributed by atoms with Crippen LogP contribution in [-0.2, 0) is 18.4 Å². The number of rotatable bonds is 5. The van der Waals surface area contributed by atoms with Crippen molar-refractivity contribution in [3.63, 3.8) is 0 Å². The fourth-order valence-electron chi connectivity index (χ4n) is 3.43. The molecular weight excluding hydrogens is 378 g/mol. The number of imidazole rings is 1. The summed E-state index contributed by atoms with van der Waals surface area (Å²) in [5, 5.41) is 9.51. The first-order valence-electron chi connectivity index (χ1n) is 9.19. The van der Waals surface area contributed by atoms with Crippen LogP contribution in [0.4, 0.5) is 8.78 Å². The molecule has 3 aromatic rings. The van der Waals surface area contributed by atoms with E-state index in [1.54, 1.807) is 11.8 Å². The summed E-state index contributed by atoms with van der Waals surface area (Å²) in [6, 6.07) is 9.90. The molecule has 0 bridgehead atoms. The molecule has 0 atom stereocenters. The summed E-state index contributed by atoms with van der Waals surface area (Å²) >= 11 is 1.69. The number of halogens is 2. The van der Waals surface area contributed by atoms with Gasteiger partial charge in [-0.05, 0) is 42.4 Å². The van der Waals surface area contributed by atoms with E-state index >= 15 is 0 Å². The van der Waals surface area contributed by atoms with Crippen LogP contribution in [0.25, 0.3) is 22.6 Å².